The lowest BCUT2D eigenvalue weighted by Gasteiger charge is -2.51. The highest BCUT2D eigenvalue weighted by Crippen LogP contribution is 2.35. The molecule has 9 heteroatoms. The largest absolute Gasteiger partial charge is 0.391 e. The molecule has 3 aliphatic rings. The molecule has 0 radical (unpaired) electrons. The third kappa shape index (κ3) is 3.09. The second-order valence-electron chi connectivity index (χ2n) is 8.20. The van der Waals surface area contributed by atoms with E-state index in [4.69, 9.17) is 0 Å². The Bertz CT molecular complexity index is 822. The van der Waals surface area contributed by atoms with Crippen LogP contribution in [0.5, 0.6) is 0 Å². The van der Waals surface area contributed by atoms with Gasteiger partial charge >= 0.3 is 6.03 Å². The predicted octanol–water partition coefficient (Wildman–Crippen LogP) is -0.505. The first kappa shape index (κ1) is 18.7. The Labute approximate surface area is 163 Å². The van der Waals surface area contributed by atoms with Gasteiger partial charge in [-0.05, 0) is 31.4 Å². The van der Waals surface area contributed by atoms with E-state index in [2.05, 4.69) is 15.6 Å². The van der Waals surface area contributed by atoms with Crippen LogP contribution in [0.25, 0.3) is 0 Å². The second kappa shape index (κ2) is 6.73. The van der Waals surface area contributed by atoms with Gasteiger partial charge in [-0.1, -0.05) is 0 Å². The van der Waals surface area contributed by atoms with Gasteiger partial charge in [-0.25, -0.2) is 4.79 Å². The van der Waals surface area contributed by atoms with Crippen LogP contribution in [0.1, 0.15) is 28.8 Å². The molecule has 3 N–H and O–H groups in total. The molecule has 0 unspecified atom stereocenters. The van der Waals surface area contributed by atoms with Gasteiger partial charge < -0.3 is 25.5 Å². The number of aromatic nitrogens is 1. The number of urea groups is 1. The molecule has 2 aliphatic heterocycles. The molecule has 3 heterocycles. The van der Waals surface area contributed by atoms with Gasteiger partial charge in [0.25, 0.3) is 5.91 Å². The van der Waals surface area contributed by atoms with E-state index in [1.54, 1.807) is 29.1 Å². The number of likely N-dealkylation sites (N-methyl/N-ethyl adjacent to an activating group) is 1. The number of carbonyl (C=O) groups is 3. The number of aliphatic hydroxyl groups is 1. The Kier molecular flexibility index (Phi) is 4.49. The number of aryl methyl sites for hydroxylation is 1. The molecule has 3 fully saturated rings. The minimum atomic E-state index is -0.761. The minimum Gasteiger partial charge on any atom is -0.391 e. The summed E-state index contributed by atoms with van der Waals surface area (Å²) in [6.45, 7) is 3.40. The quantitative estimate of drug-likeness (QED) is 0.647. The predicted molar refractivity (Wildman–Crippen MR) is 99.4 cm³/mol. The maximum Gasteiger partial charge on any atom is 0.317 e. The average molecular weight is 387 g/mol. The highest BCUT2D eigenvalue weighted by molar-refractivity contribution is 5.94. The Morgan fingerprint density at radius 2 is 2.07 bits per heavy atom. The van der Waals surface area contributed by atoms with Crippen LogP contribution in [0, 0.1) is 12.8 Å². The van der Waals surface area contributed by atoms with Crippen molar-refractivity contribution in [1.29, 1.82) is 0 Å². The Morgan fingerprint density at radius 1 is 1.32 bits per heavy atom. The number of likely N-dealkylation sites (tertiary alicyclic amines) is 1. The van der Waals surface area contributed by atoms with Gasteiger partial charge in [0.15, 0.2) is 0 Å². The van der Waals surface area contributed by atoms with Crippen molar-refractivity contribution in [2.45, 2.75) is 37.5 Å². The van der Waals surface area contributed by atoms with E-state index < -0.39 is 12.1 Å². The summed E-state index contributed by atoms with van der Waals surface area (Å²) in [5, 5.41) is 16.0. The van der Waals surface area contributed by atoms with Crippen LogP contribution in [0.15, 0.2) is 18.5 Å². The van der Waals surface area contributed by atoms with Gasteiger partial charge in [0.2, 0.25) is 5.91 Å². The maximum absolute atomic E-state index is 12.8. The van der Waals surface area contributed by atoms with Crippen LogP contribution in [0.3, 0.4) is 0 Å². The molecular weight excluding hydrogens is 362 g/mol. The maximum atomic E-state index is 12.8. The van der Waals surface area contributed by atoms with Crippen molar-refractivity contribution in [1.82, 2.24) is 25.4 Å². The molecule has 0 aromatic carbocycles. The number of nitrogens with one attached hydrogen (secondary N) is 2. The zero-order valence-corrected chi connectivity index (χ0v) is 16.0. The van der Waals surface area contributed by atoms with Crippen molar-refractivity contribution in [3.05, 3.63) is 29.6 Å². The minimum absolute atomic E-state index is 0.0219. The number of hydrogen-bond acceptors (Lipinski definition) is 5. The molecule has 1 aliphatic carbocycles. The molecule has 4 amide bonds. The Morgan fingerprint density at radius 3 is 2.71 bits per heavy atom. The van der Waals surface area contributed by atoms with E-state index >= 15 is 0 Å². The summed E-state index contributed by atoms with van der Waals surface area (Å²) in [6.07, 6.45) is 3.12. The number of carbonyl (C=O) groups excluding carboxylic acids is 3. The zero-order valence-electron chi connectivity index (χ0n) is 16.0. The van der Waals surface area contributed by atoms with E-state index in [-0.39, 0.29) is 29.3 Å². The fourth-order valence-corrected chi connectivity index (χ4v) is 4.40. The van der Waals surface area contributed by atoms with E-state index in [1.807, 2.05) is 6.92 Å². The van der Waals surface area contributed by atoms with Crippen LogP contribution in [0.2, 0.25) is 0 Å². The Hall–Kier alpha value is -2.68. The first-order valence-electron chi connectivity index (χ1n) is 9.50. The molecule has 9 nitrogen and oxygen atoms in total. The number of amides is 4. The topological polar surface area (TPSA) is 115 Å². The van der Waals surface area contributed by atoms with E-state index in [0.29, 0.717) is 38.0 Å². The van der Waals surface area contributed by atoms with Crippen molar-refractivity contribution in [2.24, 2.45) is 5.92 Å². The standard InChI is InChI=1S/C19H25N5O4/c1-11-3-13(7-20-6-11)16(26)22-14-4-12(5-15(14)25)17(27)24-9-19(10-24)8-21-18(28)23(19)2/h3,6-7,12,14-15,25H,4-5,8-10H2,1-2H3,(H,21,28)(H,22,26)/t12-,14+,15+/m0/s1. The number of pyridine rings is 1. The summed E-state index contributed by atoms with van der Waals surface area (Å²) in [4.78, 5) is 44.3. The summed E-state index contributed by atoms with van der Waals surface area (Å²) in [7, 11) is 1.75. The molecule has 0 bridgehead atoms. The van der Waals surface area contributed by atoms with E-state index in [1.165, 1.54) is 6.20 Å². The third-order valence-electron chi connectivity index (χ3n) is 6.20. The van der Waals surface area contributed by atoms with E-state index in [0.717, 1.165) is 5.56 Å². The molecule has 1 saturated carbocycles. The Balaban J connectivity index is 1.33. The van der Waals surface area contributed by atoms with E-state index in [9.17, 15) is 19.5 Å². The average Bonchev–Trinajstić information content (AvgIpc) is 3.14. The number of aliphatic hydroxyl groups excluding tert-OH is 1. The summed E-state index contributed by atoms with van der Waals surface area (Å²) in [5.41, 5.74) is 1.01. The van der Waals surface area contributed by atoms with Crippen molar-refractivity contribution in [3.8, 4) is 0 Å². The summed E-state index contributed by atoms with van der Waals surface area (Å²) in [6, 6.07) is 1.16. The van der Waals surface area contributed by atoms with Crippen LogP contribution in [0.4, 0.5) is 4.79 Å². The van der Waals surface area contributed by atoms with Gasteiger partial charge in [0.1, 0.15) is 0 Å². The molecule has 1 spiro atoms. The molecule has 2 saturated heterocycles. The third-order valence-corrected chi connectivity index (χ3v) is 6.20. The molecular formula is C19H25N5O4. The van der Waals surface area contributed by atoms with Crippen molar-refractivity contribution >= 4 is 17.8 Å². The summed E-state index contributed by atoms with van der Waals surface area (Å²) >= 11 is 0. The number of hydrogen-bond donors (Lipinski definition) is 3. The first-order valence-corrected chi connectivity index (χ1v) is 9.50. The summed E-state index contributed by atoms with van der Waals surface area (Å²) in [5.74, 6) is -0.650. The van der Waals surface area contributed by atoms with Crippen molar-refractivity contribution in [3.63, 3.8) is 0 Å². The molecule has 1 aromatic heterocycles. The lowest BCUT2D eigenvalue weighted by molar-refractivity contribution is -0.146. The normalized spacial score (nSPS) is 28.2. The highest BCUT2D eigenvalue weighted by Gasteiger charge is 2.54. The molecule has 28 heavy (non-hydrogen) atoms. The molecule has 150 valence electrons. The van der Waals surface area contributed by atoms with Gasteiger partial charge in [0.05, 0.1) is 23.2 Å². The van der Waals surface area contributed by atoms with Crippen LogP contribution < -0.4 is 10.6 Å². The van der Waals surface area contributed by atoms with Gasteiger partial charge in [-0.3, -0.25) is 14.6 Å². The van der Waals surface area contributed by atoms with Crippen LogP contribution in [-0.2, 0) is 4.79 Å². The molecule has 3 atom stereocenters. The smallest absolute Gasteiger partial charge is 0.317 e. The van der Waals surface area contributed by atoms with Gasteiger partial charge in [-0.2, -0.15) is 0 Å². The fourth-order valence-electron chi connectivity index (χ4n) is 4.40. The van der Waals surface area contributed by atoms with Crippen molar-refractivity contribution in [2.75, 3.05) is 26.7 Å². The van der Waals surface area contributed by atoms with Gasteiger partial charge in [-0.15, -0.1) is 0 Å². The van der Waals surface area contributed by atoms with Crippen molar-refractivity contribution < 1.29 is 19.5 Å². The molecule has 1 aromatic rings. The summed E-state index contributed by atoms with van der Waals surface area (Å²) < 4.78 is 0. The lowest BCUT2D eigenvalue weighted by Crippen LogP contribution is -2.70. The second-order valence-corrected chi connectivity index (χ2v) is 8.20. The lowest BCUT2D eigenvalue weighted by atomic mass is 9.88. The van der Waals surface area contributed by atoms with Crippen LogP contribution in [-0.4, -0.2) is 82.1 Å². The number of rotatable bonds is 3. The zero-order chi connectivity index (χ0) is 20.1. The highest BCUT2D eigenvalue weighted by atomic mass is 16.3. The van der Waals surface area contributed by atoms with Crippen LogP contribution >= 0.6 is 0 Å². The SMILES string of the molecule is Cc1cncc(C(=O)N[C@@H]2C[C@H](C(=O)N3CC4(CNC(=O)N4C)C3)C[C@H]2O)c1. The monoisotopic (exact) mass is 387 g/mol. The molecule has 4 rings (SSSR count). The number of nitrogens with zero attached hydrogens (tertiary/aromatic N) is 3. The van der Waals surface area contributed by atoms with Gasteiger partial charge in [0, 0.05) is 45.0 Å². The first-order chi connectivity index (χ1) is 13.3. The fraction of sp³-hybridized carbons (Fsp3) is 0.579.